The van der Waals surface area contributed by atoms with Gasteiger partial charge in [0.1, 0.15) is 5.75 Å². The molecule has 0 saturated heterocycles. The summed E-state index contributed by atoms with van der Waals surface area (Å²) in [6.45, 7) is 3.55. The van der Waals surface area contributed by atoms with Crippen molar-refractivity contribution in [3.8, 4) is 5.75 Å². The molecule has 0 bridgehead atoms. The minimum Gasteiger partial charge on any atom is -0.507 e. The van der Waals surface area contributed by atoms with Gasteiger partial charge in [0.25, 0.3) is 5.91 Å². The minimum atomic E-state index is -1.06. The van der Waals surface area contributed by atoms with E-state index in [9.17, 15) is 19.8 Å². The van der Waals surface area contributed by atoms with Gasteiger partial charge in [0, 0.05) is 18.2 Å². The zero-order chi connectivity index (χ0) is 21.3. The van der Waals surface area contributed by atoms with E-state index >= 15 is 0 Å². The number of nitrogens with one attached hydrogen (secondary N) is 2. The molecule has 5 N–H and O–H groups in total. The summed E-state index contributed by atoms with van der Waals surface area (Å²) in [7, 11) is 1.77. The van der Waals surface area contributed by atoms with Gasteiger partial charge in [-0.2, -0.15) is 0 Å². The molecule has 0 aliphatic rings. The molecule has 28 heavy (non-hydrogen) atoms. The highest BCUT2D eigenvalue weighted by molar-refractivity contribution is 7.75. The van der Waals surface area contributed by atoms with Crippen molar-refractivity contribution in [3.63, 3.8) is 0 Å². The van der Waals surface area contributed by atoms with E-state index in [2.05, 4.69) is 27.7 Å². The normalized spacial score (nSPS) is 14.3. The molecule has 0 aliphatic heterocycles. The highest BCUT2D eigenvalue weighted by Gasteiger charge is 2.20. The topological polar surface area (TPSA) is 128 Å². The maximum atomic E-state index is 12.2. The molecule has 1 aromatic carbocycles. The summed E-state index contributed by atoms with van der Waals surface area (Å²) < 4.78 is 4.62. The molecule has 1 rings (SSSR count). The van der Waals surface area contributed by atoms with Crippen molar-refractivity contribution in [2.24, 2.45) is 0 Å². The monoisotopic (exact) mass is 414 g/mol. The summed E-state index contributed by atoms with van der Waals surface area (Å²) in [5, 5.41) is 34.7. The van der Waals surface area contributed by atoms with E-state index in [1.54, 1.807) is 33.0 Å². The van der Waals surface area contributed by atoms with Gasteiger partial charge in [-0.25, -0.2) is 4.79 Å². The number of aromatic hydroxyl groups is 1. The molecule has 0 fully saturated rings. The fraction of sp³-hybridized carbons (Fsp3) is 0.579. The lowest BCUT2D eigenvalue weighted by molar-refractivity contribution is -0.144. The van der Waals surface area contributed by atoms with Crippen LogP contribution in [0, 0.1) is 13.8 Å². The fourth-order valence-corrected chi connectivity index (χ4v) is 3.10. The second kappa shape index (κ2) is 11.9. The smallest absolute Gasteiger partial charge is 0.334 e. The molecule has 0 saturated carbocycles. The number of aliphatic hydroxyl groups is 1. The Bertz CT molecular complexity index is 647. The third-order valence-electron chi connectivity index (χ3n) is 4.69. The number of carboxylic acid groups (broad SMARTS) is 1. The Morgan fingerprint density at radius 3 is 2.21 bits per heavy atom. The van der Waals surface area contributed by atoms with Crippen molar-refractivity contribution in [2.45, 2.75) is 57.8 Å². The van der Waals surface area contributed by atoms with E-state index in [1.807, 2.05) is 0 Å². The summed E-state index contributed by atoms with van der Waals surface area (Å²) in [5.41, 5.74) is 1.67. The maximum absolute atomic E-state index is 12.2. The summed E-state index contributed by atoms with van der Waals surface area (Å²) in [6, 6.07) is 3.21. The predicted molar refractivity (Wildman–Crippen MR) is 109 cm³/mol. The van der Waals surface area contributed by atoms with Gasteiger partial charge >= 0.3 is 5.97 Å². The Kier molecular flexibility index (Phi) is 10.3. The van der Waals surface area contributed by atoms with Crippen molar-refractivity contribution in [1.82, 2.24) is 10.6 Å². The predicted octanol–water partition coefficient (Wildman–Crippen LogP) is 1.56. The van der Waals surface area contributed by atoms with Crippen LogP contribution in [0.25, 0.3) is 0 Å². The maximum Gasteiger partial charge on any atom is 0.334 e. The second-order valence-corrected chi connectivity index (χ2v) is 7.11. The fourth-order valence-electron chi connectivity index (χ4n) is 2.90. The van der Waals surface area contributed by atoms with Gasteiger partial charge < -0.3 is 30.1 Å². The van der Waals surface area contributed by atoms with E-state index in [-0.39, 0.29) is 24.2 Å². The standard InChI is InChI=1S/C19H30N2O6S/c1-11-8-13(9-12(2)17(11)23)18(24)21-10-15(22)6-4-14(20-3)5-7-16(27-28)19(25)26/h8-9,14-16,20,22-23,28H,4-7,10H2,1-3H3,(H,21,24)(H,25,26). The Morgan fingerprint density at radius 1 is 1.14 bits per heavy atom. The molecule has 0 radical (unpaired) electrons. The Labute approximate surface area is 170 Å². The van der Waals surface area contributed by atoms with E-state index in [0.717, 1.165) is 0 Å². The van der Waals surface area contributed by atoms with Crippen molar-refractivity contribution in [2.75, 3.05) is 13.6 Å². The van der Waals surface area contributed by atoms with Gasteiger partial charge in [0.05, 0.1) is 6.10 Å². The Balaban J connectivity index is 2.43. The van der Waals surface area contributed by atoms with Gasteiger partial charge in [-0.15, -0.1) is 0 Å². The zero-order valence-electron chi connectivity index (χ0n) is 16.4. The number of phenolic OH excluding ortho intramolecular Hbond substituents is 1. The van der Waals surface area contributed by atoms with Crippen molar-refractivity contribution >= 4 is 24.8 Å². The van der Waals surface area contributed by atoms with Crippen LogP contribution in [0.15, 0.2) is 12.1 Å². The highest BCUT2D eigenvalue weighted by Crippen LogP contribution is 2.22. The van der Waals surface area contributed by atoms with Crippen molar-refractivity contribution in [3.05, 3.63) is 28.8 Å². The number of amides is 1. The Morgan fingerprint density at radius 2 is 1.71 bits per heavy atom. The molecule has 1 amide bonds. The van der Waals surface area contributed by atoms with Crippen molar-refractivity contribution in [1.29, 1.82) is 0 Å². The number of aliphatic carboxylic acids is 1. The number of thiol groups is 1. The molecule has 0 aliphatic carbocycles. The molecular weight excluding hydrogens is 384 g/mol. The van der Waals surface area contributed by atoms with E-state index < -0.39 is 18.2 Å². The molecule has 1 aromatic rings. The largest absolute Gasteiger partial charge is 0.507 e. The molecule has 3 atom stereocenters. The van der Waals surface area contributed by atoms with Crippen LogP contribution in [0.5, 0.6) is 5.75 Å². The first-order valence-corrected chi connectivity index (χ1v) is 9.52. The van der Waals surface area contributed by atoms with Crippen LogP contribution in [0.3, 0.4) is 0 Å². The molecule has 8 nitrogen and oxygen atoms in total. The van der Waals surface area contributed by atoms with Crippen LogP contribution in [-0.2, 0) is 8.98 Å². The lowest BCUT2D eigenvalue weighted by Gasteiger charge is -2.20. The minimum absolute atomic E-state index is 0.0121. The third kappa shape index (κ3) is 7.67. The number of aliphatic hydroxyl groups excluding tert-OH is 1. The van der Waals surface area contributed by atoms with Crippen LogP contribution < -0.4 is 10.6 Å². The van der Waals surface area contributed by atoms with Gasteiger partial charge in [-0.3, -0.25) is 4.79 Å². The van der Waals surface area contributed by atoms with Gasteiger partial charge in [0.2, 0.25) is 0 Å². The number of aryl methyl sites for hydroxylation is 2. The average Bonchev–Trinajstić information content (AvgIpc) is 2.66. The highest BCUT2D eigenvalue weighted by atomic mass is 32.1. The van der Waals surface area contributed by atoms with Crippen LogP contribution in [0.4, 0.5) is 0 Å². The van der Waals surface area contributed by atoms with E-state index in [4.69, 9.17) is 5.11 Å². The van der Waals surface area contributed by atoms with Crippen LogP contribution in [0.2, 0.25) is 0 Å². The Hall–Kier alpha value is -1.81. The number of phenols is 1. The molecule has 3 unspecified atom stereocenters. The first-order valence-electron chi connectivity index (χ1n) is 9.16. The molecule has 0 spiro atoms. The first-order chi connectivity index (χ1) is 13.2. The summed E-state index contributed by atoms with van der Waals surface area (Å²) in [5.74, 6) is -1.21. The van der Waals surface area contributed by atoms with Gasteiger partial charge in [0.15, 0.2) is 6.10 Å². The summed E-state index contributed by atoms with van der Waals surface area (Å²) in [6.07, 6.45) is 0.217. The second-order valence-electron chi connectivity index (χ2n) is 6.90. The van der Waals surface area contributed by atoms with Crippen LogP contribution in [-0.4, -0.2) is 59.0 Å². The third-order valence-corrected chi connectivity index (χ3v) is 4.94. The number of carbonyl (C=O) groups excluding carboxylic acids is 1. The molecule has 0 aromatic heterocycles. The van der Waals surface area contributed by atoms with Gasteiger partial charge in [-0.1, -0.05) is 0 Å². The molecule has 9 heteroatoms. The number of hydrogen-bond acceptors (Lipinski definition) is 7. The summed E-state index contributed by atoms with van der Waals surface area (Å²) in [4.78, 5) is 23.2. The molecule has 158 valence electrons. The average molecular weight is 415 g/mol. The van der Waals surface area contributed by atoms with Crippen LogP contribution in [0.1, 0.15) is 47.2 Å². The quantitative estimate of drug-likeness (QED) is 0.226. The number of rotatable bonds is 12. The number of hydrogen-bond donors (Lipinski definition) is 6. The lowest BCUT2D eigenvalue weighted by atomic mass is 10.0. The van der Waals surface area contributed by atoms with Gasteiger partial charge in [-0.05, 0) is 82.7 Å². The zero-order valence-corrected chi connectivity index (χ0v) is 17.3. The van der Waals surface area contributed by atoms with Crippen molar-refractivity contribution < 1.29 is 29.1 Å². The first kappa shape index (κ1) is 24.2. The number of carboxylic acids is 1. The summed E-state index contributed by atoms with van der Waals surface area (Å²) >= 11 is 3.57. The van der Waals surface area contributed by atoms with E-state index in [0.29, 0.717) is 42.4 Å². The van der Waals surface area contributed by atoms with E-state index in [1.165, 1.54) is 0 Å². The lowest BCUT2D eigenvalue weighted by Crippen LogP contribution is -2.34. The molecular formula is C19H30N2O6S. The number of carbonyl (C=O) groups is 2. The number of benzene rings is 1. The van der Waals surface area contributed by atoms with Crippen LogP contribution >= 0.6 is 12.9 Å². The SMILES string of the molecule is CNC(CCC(O)CNC(=O)c1cc(C)c(O)c(C)c1)CCC(OS)C(=O)O. The molecule has 0 heterocycles.